The number of benzene rings is 2. The standard InChI is InChI=1S/C26H31N3O2S/c30-25-11-10-24(29(25)18-20-6-8-23(32)9-7-20)26(31)28-16-21-12-22(17-28)15-27(14-21)13-19-4-2-1-3-5-19/h1-9,21-22,24,32H,10-18H2. The molecule has 5 nitrogen and oxygen atoms in total. The van der Waals surface area contributed by atoms with Gasteiger partial charge in [0.05, 0.1) is 0 Å². The maximum atomic E-state index is 13.5. The predicted octanol–water partition coefficient (Wildman–Crippen LogP) is 3.45. The largest absolute Gasteiger partial charge is 0.340 e. The fourth-order valence-electron chi connectivity index (χ4n) is 5.74. The van der Waals surface area contributed by atoms with Crippen molar-refractivity contribution in [3.8, 4) is 0 Å². The van der Waals surface area contributed by atoms with Crippen LogP contribution in [-0.2, 0) is 22.7 Å². The van der Waals surface area contributed by atoms with Crippen molar-refractivity contribution in [1.82, 2.24) is 14.7 Å². The molecule has 0 spiro atoms. The lowest BCUT2D eigenvalue weighted by molar-refractivity contribution is -0.145. The van der Waals surface area contributed by atoms with Crippen molar-refractivity contribution in [3.63, 3.8) is 0 Å². The Labute approximate surface area is 195 Å². The highest BCUT2D eigenvalue weighted by Gasteiger charge is 2.42. The molecule has 3 fully saturated rings. The lowest BCUT2D eigenvalue weighted by atomic mass is 9.84. The molecule has 3 atom stereocenters. The van der Waals surface area contributed by atoms with Crippen LogP contribution in [0.3, 0.4) is 0 Å². The minimum Gasteiger partial charge on any atom is -0.340 e. The van der Waals surface area contributed by atoms with Crippen LogP contribution in [-0.4, -0.2) is 58.7 Å². The molecule has 6 heteroatoms. The normalized spacial score (nSPS) is 25.9. The van der Waals surface area contributed by atoms with Gasteiger partial charge in [-0.25, -0.2) is 0 Å². The number of hydrogen-bond donors (Lipinski definition) is 1. The summed E-state index contributed by atoms with van der Waals surface area (Å²) < 4.78 is 0. The Morgan fingerprint density at radius 1 is 0.875 bits per heavy atom. The molecule has 0 saturated carbocycles. The summed E-state index contributed by atoms with van der Waals surface area (Å²) >= 11 is 4.34. The molecule has 0 aromatic heterocycles. The van der Waals surface area contributed by atoms with Crippen LogP contribution < -0.4 is 0 Å². The summed E-state index contributed by atoms with van der Waals surface area (Å²) in [7, 11) is 0. The van der Waals surface area contributed by atoms with E-state index in [0.717, 1.165) is 43.2 Å². The monoisotopic (exact) mass is 449 g/mol. The number of thiol groups is 1. The molecule has 3 saturated heterocycles. The molecular formula is C26H31N3O2S. The molecule has 0 radical (unpaired) electrons. The number of piperidine rings is 2. The van der Waals surface area contributed by atoms with Crippen LogP contribution >= 0.6 is 12.6 Å². The van der Waals surface area contributed by atoms with Gasteiger partial charge in [0.25, 0.3) is 0 Å². The Balaban J connectivity index is 1.22. The molecule has 2 aromatic carbocycles. The van der Waals surface area contributed by atoms with Gasteiger partial charge in [0.15, 0.2) is 0 Å². The number of fused-ring (bicyclic) bond motifs is 2. The molecule has 3 aliphatic heterocycles. The topological polar surface area (TPSA) is 43.9 Å². The Morgan fingerprint density at radius 2 is 1.53 bits per heavy atom. The zero-order valence-corrected chi connectivity index (χ0v) is 19.3. The first-order valence-corrected chi connectivity index (χ1v) is 12.1. The minimum absolute atomic E-state index is 0.0875. The molecule has 5 rings (SSSR count). The van der Waals surface area contributed by atoms with Crippen molar-refractivity contribution < 1.29 is 9.59 Å². The second-order valence-electron chi connectivity index (χ2n) is 9.63. The lowest BCUT2D eigenvalue weighted by Gasteiger charge is -2.46. The van der Waals surface area contributed by atoms with Gasteiger partial charge in [-0.15, -0.1) is 12.6 Å². The van der Waals surface area contributed by atoms with E-state index in [-0.39, 0.29) is 17.9 Å². The molecule has 3 heterocycles. The van der Waals surface area contributed by atoms with Gasteiger partial charge in [-0.3, -0.25) is 14.5 Å². The fraction of sp³-hybridized carbons (Fsp3) is 0.462. The van der Waals surface area contributed by atoms with E-state index in [1.165, 1.54) is 12.0 Å². The first-order valence-electron chi connectivity index (χ1n) is 11.7. The number of rotatable bonds is 5. The maximum absolute atomic E-state index is 13.5. The second-order valence-corrected chi connectivity index (χ2v) is 10.1. The van der Waals surface area contributed by atoms with E-state index in [0.29, 0.717) is 31.2 Å². The number of hydrogen-bond acceptors (Lipinski definition) is 4. The van der Waals surface area contributed by atoms with Gasteiger partial charge in [-0.1, -0.05) is 42.5 Å². The van der Waals surface area contributed by atoms with Gasteiger partial charge in [-0.05, 0) is 47.9 Å². The quantitative estimate of drug-likeness (QED) is 0.711. The molecule has 32 heavy (non-hydrogen) atoms. The van der Waals surface area contributed by atoms with Gasteiger partial charge >= 0.3 is 0 Å². The predicted molar refractivity (Wildman–Crippen MR) is 127 cm³/mol. The van der Waals surface area contributed by atoms with Crippen molar-refractivity contribution in [3.05, 3.63) is 65.7 Å². The second kappa shape index (κ2) is 9.28. The molecule has 168 valence electrons. The summed E-state index contributed by atoms with van der Waals surface area (Å²) in [5, 5.41) is 0. The number of nitrogens with zero attached hydrogens (tertiary/aromatic N) is 3. The fourth-order valence-corrected chi connectivity index (χ4v) is 5.88. The van der Waals surface area contributed by atoms with E-state index in [2.05, 4.69) is 52.8 Å². The van der Waals surface area contributed by atoms with E-state index < -0.39 is 0 Å². The van der Waals surface area contributed by atoms with Crippen molar-refractivity contribution in [2.45, 2.75) is 43.3 Å². The van der Waals surface area contributed by atoms with Crippen LogP contribution in [0.4, 0.5) is 0 Å². The number of carbonyl (C=O) groups is 2. The Kier molecular flexibility index (Phi) is 6.24. The first-order chi connectivity index (χ1) is 15.5. The van der Waals surface area contributed by atoms with E-state index in [1.54, 1.807) is 4.90 Å². The summed E-state index contributed by atoms with van der Waals surface area (Å²) in [4.78, 5) is 33.4. The number of carbonyl (C=O) groups excluding carboxylic acids is 2. The van der Waals surface area contributed by atoms with E-state index in [9.17, 15) is 9.59 Å². The zero-order valence-electron chi connectivity index (χ0n) is 18.4. The summed E-state index contributed by atoms with van der Waals surface area (Å²) in [6, 6.07) is 18.2. The SMILES string of the molecule is O=C(C1CCC(=O)N1Cc1ccc(S)cc1)N1CC2CC(CN(Cc3ccccc3)C2)C1. The molecule has 2 aromatic rings. The molecule has 3 aliphatic rings. The Morgan fingerprint density at radius 3 is 2.22 bits per heavy atom. The van der Waals surface area contributed by atoms with E-state index in [1.807, 2.05) is 24.3 Å². The molecule has 2 bridgehead atoms. The third-order valence-corrected chi connectivity index (χ3v) is 7.42. The first kappa shape index (κ1) is 21.5. The lowest BCUT2D eigenvalue weighted by Crippen LogP contribution is -2.57. The van der Waals surface area contributed by atoms with Crippen LogP contribution in [0, 0.1) is 11.8 Å². The van der Waals surface area contributed by atoms with E-state index in [4.69, 9.17) is 0 Å². The van der Waals surface area contributed by atoms with Crippen molar-refractivity contribution in [1.29, 1.82) is 0 Å². The van der Waals surface area contributed by atoms with Crippen molar-refractivity contribution in [2.24, 2.45) is 11.8 Å². The number of likely N-dealkylation sites (tertiary alicyclic amines) is 3. The van der Waals surface area contributed by atoms with Gasteiger partial charge in [0, 0.05) is 50.6 Å². The Bertz CT molecular complexity index is 951. The third kappa shape index (κ3) is 4.71. The average molecular weight is 450 g/mol. The minimum atomic E-state index is -0.322. The van der Waals surface area contributed by atoms with E-state index >= 15 is 0 Å². The van der Waals surface area contributed by atoms with Gasteiger partial charge in [0.1, 0.15) is 6.04 Å². The summed E-state index contributed by atoms with van der Waals surface area (Å²) in [5.74, 6) is 1.27. The van der Waals surface area contributed by atoms with Gasteiger partial charge in [0.2, 0.25) is 11.8 Å². The zero-order chi connectivity index (χ0) is 22.1. The highest BCUT2D eigenvalue weighted by atomic mass is 32.1. The average Bonchev–Trinajstić information content (AvgIpc) is 3.15. The van der Waals surface area contributed by atoms with Crippen LogP contribution in [0.15, 0.2) is 59.5 Å². The number of amides is 2. The van der Waals surface area contributed by atoms with Crippen LogP contribution in [0.25, 0.3) is 0 Å². The van der Waals surface area contributed by atoms with Crippen molar-refractivity contribution >= 4 is 24.4 Å². The van der Waals surface area contributed by atoms with Crippen LogP contribution in [0.1, 0.15) is 30.4 Å². The van der Waals surface area contributed by atoms with Crippen LogP contribution in [0.2, 0.25) is 0 Å². The molecule has 0 N–H and O–H groups in total. The molecule has 2 amide bonds. The van der Waals surface area contributed by atoms with Crippen LogP contribution in [0.5, 0.6) is 0 Å². The summed E-state index contributed by atoms with van der Waals surface area (Å²) in [6.45, 7) is 5.19. The van der Waals surface area contributed by atoms with Gasteiger partial charge < -0.3 is 9.80 Å². The summed E-state index contributed by atoms with van der Waals surface area (Å²) in [6.07, 6.45) is 2.30. The highest BCUT2D eigenvalue weighted by molar-refractivity contribution is 7.80. The van der Waals surface area contributed by atoms with Crippen molar-refractivity contribution in [2.75, 3.05) is 26.2 Å². The van der Waals surface area contributed by atoms with Gasteiger partial charge in [-0.2, -0.15) is 0 Å². The maximum Gasteiger partial charge on any atom is 0.245 e. The summed E-state index contributed by atoms with van der Waals surface area (Å²) in [5.41, 5.74) is 2.40. The molecule has 3 unspecified atom stereocenters. The molecular weight excluding hydrogens is 418 g/mol. The Hall–Kier alpha value is -2.31. The third-order valence-electron chi connectivity index (χ3n) is 7.12. The highest BCUT2D eigenvalue weighted by Crippen LogP contribution is 2.32. The smallest absolute Gasteiger partial charge is 0.245 e. The molecule has 0 aliphatic carbocycles.